The van der Waals surface area contributed by atoms with Gasteiger partial charge in [-0.05, 0) is 64.4 Å². The number of amides is 1. The Bertz CT molecular complexity index is 1220. The SMILES string of the molecule is CCN(CC)c1ccc(O)c2c1C[C@H]1C[C@H]3[C@H](N(C)C)C(O)=C(C(N)=O)C4(O)O[C@]34C(=O)C1=C2O. The van der Waals surface area contributed by atoms with Gasteiger partial charge in [0, 0.05) is 30.3 Å². The van der Waals surface area contributed by atoms with Crippen molar-refractivity contribution in [3.05, 3.63) is 40.2 Å². The first-order valence-electron chi connectivity index (χ1n) is 11.9. The summed E-state index contributed by atoms with van der Waals surface area (Å²) in [4.78, 5) is 30.0. The maximum atomic E-state index is 14.0. The van der Waals surface area contributed by atoms with E-state index in [-0.39, 0.29) is 22.6 Å². The molecular formula is C25H31N3O7. The number of nitrogens with zero attached hydrogens (tertiary/aromatic N) is 2. The van der Waals surface area contributed by atoms with Crippen LogP contribution < -0.4 is 10.6 Å². The van der Waals surface area contributed by atoms with E-state index in [4.69, 9.17) is 10.5 Å². The minimum Gasteiger partial charge on any atom is -0.510 e. The van der Waals surface area contributed by atoms with Crippen molar-refractivity contribution in [3.63, 3.8) is 0 Å². The molecule has 10 nitrogen and oxygen atoms in total. The number of benzene rings is 1. The predicted molar refractivity (Wildman–Crippen MR) is 127 cm³/mol. The van der Waals surface area contributed by atoms with Gasteiger partial charge in [0.1, 0.15) is 22.8 Å². The first kappa shape index (κ1) is 23.7. The molecule has 1 unspecified atom stereocenters. The molecule has 1 amide bonds. The molecule has 6 N–H and O–H groups in total. The van der Waals surface area contributed by atoms with Gasteiger partial charge in [0.05, 0.1) is 11.6 Å². The highest BCUT2D eigenvalue weighted by Crippen LogP contribution is 2.67. The Balaban J connectivity index is 1.71. The summed E-state index contributed by atoms with van der Waals surface area (Å²) < 4.78 is 5.65. The number of aliphatic hydroxyl groups excluding tert-OH is 2. The van der Waals surface area contributed by atoms with Crippen LogP contribution in [-0.4, -0.2) is 81.6 Å². The number of epoxide rings is 1. The quantitative estimate of drug-likeness (QED) is 0.383. The molecule has 0 aromatic heterocycles. The van der Waals surface area contributed by atoms with E-state index in [1.54, 1.807) is 19.0 Å². The van der Waals surface area contributed by atoms with Crippen molar-refractivity contribution in [1.82, 2.24) is 4.90 Å². The topological polar surface area (TPSA) is 160 Å². The molecule has 1 spiro atoms. The number of primary amides is 1. The number of phenolic OH excluding ortho intramolecular Hbond substituents is 1. The molecule has 1 aromatic rings. The fourth-order valence-corrected chi connectivity index (χ4v) is 6.70. The first-order chi connectivity index (χ1) is 16.5. The second kappa shape index (κ2) is 7.46. The number of ether oxygens (including phenoxy) is 1. The summed E-state index contributed by atoms with van der Waals surface area (Å²) in [5.41, 5.74) is 4.93. The van der Waals surface area contributed by atoms with E-state index in [1.165, 1.54) is 6.07 Å². The summed E-state index contributed by atoms with van der Waals surface area (Å²) in [6.45, 7) is 5.47. The molecule has 1 saturated heterocycles. The lowest BCUT2D eigenvalue weighted by Crippen LogP contribution is -2.60. The summed E-state index contributed by atoms with van der Waals surface area (Å²) >= 11 is 0. The third-order valence-corrected chi connectivity index (χ3v) is 8.19. The number of fused-ring (bicyclic) bond motifs is 2. The van der Waals surface area contributed by atoms with E-state index in [0.717, 1.165) is 24.3 Å². The van der Waals surface area contributed by atoms with Gasteiger partial charge in [-0.1, -0.05) is 0 Å². The van der Waals surface area contributed by atoms with Crippen LogP contribution in [-0.2, 0) is 20.7 Å². The van der Waals surface area contributed by atoms with Gasteiger partial charge >= 0.3 is 0 Å². The lowest BCUT2D eigenvalue weighted by atomic mass is 9.58. The molecule has 5 rings (SSSR count). The van der Waals surface area contributed by atoms with Crippen molar-refractivity contribution >= 4 is 23.1 Å². The Labute approximate surface area is 202 Å². The van der Waals surface area contributed by atoms with E-state index in [0.29, 0.717) is 12.8 Å². The van der Waals surface area contributed by atoms with Crippen LogP contribution in [0.4, 0.5) is 5.69 Å². The number of likely N-dealkylation sites (N-methyl/N-ethyl adjacent to an activating group) is 1. The standard InChI is InChI=1S/C25H31N3O7/c1-5-28(6-2)14-7-8-15(29)17-12(14)9-11-10-13-19(27(3)4)21(31)18(23(26)33)25(34)24(13,35-25)22(32)16(11)20(17)30/h7-8,11,13,19,29-31,34H,5-6,9-10H2,1-4H3,(H2,26,33)/t11-,13-,19-,24-,25?/m0/s1. The van der Waals surface area contributed by atoms with E-state index >= 15 is 0 Å². The molecule has 1 heterocycles. The third-order valence-electron chi connectivity index (χ3n) is 8.19. The van der Waals surface area contributed by atoms with Crippen molar-refractivity contribution in [2.24, 2.45) is 17.6 Å². The van der Waals surface area contributed by atoms with Gasteiger partial charge in [0.2, 0.25) is 11.6 Å². The Morgan fingerprint density at radius 3 is 2.43 bits per heavy atom. The number of carbonyl (C=O) groups is 2. The minimum absolute atomic E-state index is 0.0550. The van der Waals surface area contributed by atoms with Gasteiger partial charge in [-0.15, -0.1) is 0 Å². The highest BCUT2D eigenvalue weighted by Gasteiger charge is 2.85. The zero-order valence-electron chi connectivity index (χ0n) is 20.2. The number of aliphatic hydroxyl groups is 3. The van der Waals surface area contributed by atoms with Crippen LogP contribution in [0.3, 0.4) is 0 Å². The fourth-order valence-electron chi connectivity index (χ4n) is 6.70. The maximum absolute atomic E-state index is 14.0. The van der Waals surface area contributed by atoms with Crippen LogP contribution in [0.2, 0.25) is 0 Å². The van der Waals surface area contributed by atoms with Gasteiger partial charge < -0.3 is 35.8 Å². The number of hydrogen-bond acceptors (Lipinski definition) is 9. The molecule has 1 saturated carbocycles. The minimum atomic E-state index is -2.37. The lowest BCUT2D eigenvalue weighted by Gasteiger charge is -2.46. The van der Waals surface area contributed by atoms with Gasteiger partial charge in [-0.25, -0.2) is 0 Å². The van der Waals surface area contributed by atoms with E-state index in [1.807, 2.05) is 19.9 Å². The van der Waals surface area contributed by atoms with Gasteiger partial charge in [0.15, 0.2) is 5.60 Å². The molecule has 188 valence electrons. The number of carbonyl (C=O) groups excluding carboxylic acids is 2. The average molecular weight is 486 g/mol. The summed E-state index contributed by atoms with van der Waals surface area (Å²) in [5.74, 6) is -6.17. The zero-order valence-corrected chi connectivity index (χ0v) is 20.2. The van der Waals surface area contributed by atoms with E-state index in [2.05, 4.69) is 4.90 Å². The third kappa shape index (κ3) is 2.75. The number of hydrogen-bond donors (Lipinski definition) is 5. The van der Waals surface area contributed by atoms with Gasteiger partial charge in [-0.2, -0.15) is 0 Å². The normalized spacial score (nSPS) is 33.2. The summed E-state index contributed by atoms with van der Waals surface area (Å²) in [6, 6.07) is 2.50. The van der Waals surface area contributed by atoms with Crippen molar-refractivity contribution in [3.8, 4) is 5.75 Å². The summed E-state index contributed by atoms with van der Waals surface area (Å²) in [5, 5.41) is 44.2. The lowest BCUT2D eigenvalue weighted by molar-refractivity contribution is -0.127. The number of nitrogens with two attached hydrogens (primary N) is 1. The van der Waals surface area contributed by atoms with Crippen LogP contribution in [0, 0.1) is 11.8 Å². The molecular weight excluding hydrogens is 454 g/mol. The van der Waals surface area contributed by atoms with Crippen molar-refractivity contribution < 1.29 is 34.8 Å². The Morgan fingerprint density at radius 1 is 1.20 bits per heavy atom. The molecule has 1 aliphatic heterocycles. The largest absolute Gasteiger partial charge is 0.510 e. The number of rotatable bonds is 5. The number of ketones is 1. The van der Waals surface area contributed by atoms with Gasteiger partial charge in [-0.3, -0.25) is 14.5 Å². The monoisotopic (exact) mass is 485 g/mol. The highest BCUT2D eigenvalue weighted by atomic mass is 16.8. The number of Topliss-reactive ketones (excluding diaryl/α,β-unsaturated/α-hetero) is 1. The van der Waals surface area contributed by atoms with Crippen LogP contribution in [0.15, 0.2) is 29.0 Å². The first-order valence-corrected chi connectivity index (χ1v) is 11.9. The second-order valence-corrected chi connectivity index (χ2v) is 9.98. The maximum Gasteiger partial charge on any atom is 0.253 e. The van der Waals surface area contributed by atoms with Crippen LogP contribution in [0.5, 0.6) is 5.75 Å². The molecule has 1 aromatic carbocycles. The summed E-state index contributed by atoms with van der Waals surface area (Å²) in [6.07, 6.45) is 0.665. The molecule has 5 atom stereocenters. The van der Waals surface area contributed by atoms with Crippen molar-refractivity contribution in [1.29, 1.82) is 0 Å². The van der Waals surface area contributed by atoms with Crippen molar-refractivity contribution in [2.75, 3.05) is 32.1 Å². The molecule has 2 fully saturated rings. The zero-order chi connectivity index (χ0) is 25.6. The second-order valence-electron chi connectivity index (χ2n) is 9.98. The Kier molecular flexibility index (Phi) is 5.04. The van der Waals surface area contributed by atoms with Crippen LogP contribution in [0.1, 0.15) is 31.4 Å². The average Bonchev–Trinajstić information content (AvgIpc) is 3.41. The van der Waals surface area contributed by atoms with Crippen LogP contribution in [0.25, 0.3) is 5.76 Å². The highest BCUT2D eigenvalue weighted by molar-refractivity contribution is 6.14. The molecule has 0 bridgehead atoms. The summed E-state index contributed by atoms with van der Waals surface area (Å²) in [7, 11) is 3.39. The molecule has 35 heavy (non-hydrogen) atoms. The number of aromatic hydroxyl groups is 1. The molecule has 3 aliphatic carbocycles. The van der Waals surface area contributed by atoms with Crippen LogP contribution >= 0.6 is 0 Å². The number of phenols is 1. The molecule has 0 radical (unpaired) electrons. The van der Waals surface area contributed by atoms with Crippen molar-refractivity contribution in [2.45, 2.75) is 44.1 Å². The van der Waals surface area contributed by atoms with E-state index < -0.39 is 52.3 Å². The Hall–Kier alpha value is -3.08. The molecule has 10 heteroatoms. The van der Waals surface area contributed by atoms with E-state index in [9.17, 15) is 30.0 Å². The van der Waals surface area contributed by atoms with Gasteiger partial charge in [0.25, 0.3) is 5.91 Å². The smallest absolute Gasteiger partial charge is 0.253 e. The number of anilines is 1. The predicted octanol–water partition coefficient (Wildman–Crippen LogP) is 0.968. The molecule has 4 aliphatic rings. The fraction of sp³-hybridized carbons (Fsp3) is 0.520. The Morgan fingerprint density at radius 2 is 1.86 bits per heavy atom.